The zero-order valence-electron chi connectivity index (χ0n) is 12.3. The number of hydrogen-bond donors (Lipinski definition) is 2. The molecule has 1 amide bonds. The summed E-state index contributed by atoms with van der Waals surface area (Å²) in [6.07, 6.45) is 0. The number of hydrogen-bond acceptors (Lipinski definition) is 3. The minimum Gasteiger partial charge on any atom is -0.478 e. The van der Waals surface area contributed by atoms with Crippen LogP contribution in [0.15, 0.2) is 60.7 Å². The van der Waals surface area contributed by atoms with Crippen molar-refractivity contribution >= 4 is 39.8 Å². The molecule has 1 heterocycles. The van der Waals surface area contributed by atoms with Crippen molar-refractivity contribution in [3.63, 3.8) is 0 Å². The highest BCUT2D eigenvalue weighted by Crippen LogP contribution is 2.43. The van der Waals surface area contributed by atoms with Crippen LogP contribution in [0.25, 0.3) is 11.1 Å². The minimum atomic E-state index is -1.14. The number of aromatic carboxylic acids is 1. The lowest BCUT2D eigenvalue weighted by molar-refractivity contribution is 0.0699. The van der Waals surface area contributed by atoms with Crippen LogP contribution in [0.3, 0.4) is 0 Å². The molecule has 4 nitrogen and oxygen atoms in total. The molecule has 2 aromatic carbocycles. The van der Waals surface area contributed by atoms with Gasteiger partial charge in [-0.15, -0.1) is 11.3 Å². The number of anilines is 1. The first kappa shape index (κ1) is 16.2. The molecular formula is C18H12ClNO3S. The number of carbonyl (C=O) groups excluding carboxylic acids is 1. The monoisotopic (exact) mass is 357 g/mol. The van der Waals surface area contributed by atoms with E-state index in [1.54, 1.807) is 54.6 Å². The van der Waals surface area contributed by atoms with Gasteiger partial charge in [0.15, 0.2) is 0 Å². The molecule has 24 heavy (non-hydrogen) atoms. The number of rotatable bonds is 4. The van der Waals surface area contributed by atoms with Gasteiger partial charge in [0.05, 0.1) is 0 Å². The number of halogens is 1. The molecular weight excluding hydrogens is 346 g/mol. The van der Waals surface area contributed by atoms with Gasteiger partial charge in [0, 0.05) is 11.1 Å². The zero-order valence-corrected chi connectivity index (χ0v) is 13.9. The maximum absolute atomic E-state index is 12.3. The predicted molar refractivity (Wildman–Crippen MR) is 96.1 cm³/mol. The van der Waals surface area contributed by atoms with Gasteiger partial charge in [-0.2, -0.15) is 0 Å². The summed E-state index contributed by atoms with van der Waals surface area (Å²) in [5.74, 6) is -1.52. The van der Waals surface area contributed by atoms with Crippen LogP contribution in [0.1, 0.15) is 20.7 Å². The maximum atomic E-state index is 12.3. The molecule has 6 heteroatoms. The van der Waals surface area contributed by atoms with Gasteiger partial charge in [0.2, 0.25) is 0 Å². The van der Waals surface area contributed by atoms with Crippen molar-refractivity contribution in [2.45, 2.75) is 0 Å². The van der Waals surface area contributed by atoms with Crippen LogP contribution in [-0.2, 0) is 0 Å². The molecule has 1 aromatic heterocycles. The Kier molecular flexibility index (Phi) is 4.64. The summed E-state index contributed by atoms with van der Waals surface area (Å²) in [6.45, 7) is 0. The third kappa shape index (κ3) is 3.18. The van der Waals surface area contributed by atoms with Gasteiger partial charge in [-0.1, -0.05) is 60.1 Å². The lowest BCUT2D eigenvalue weighted by Crippen LogP contribution is -2.13. The molecule has 0 aliphatic carbocycles. The highest BCUT2D eigenvalue weighted by molar-refractivity contribution is 7.21. The van der Waals surface area contributed by atoms with Gasteiger partial charge in [-0.25, -0.2) is 4.79 Å². The first-order valence-electron chi connectivity index (χ1n) is 7.05. The van der Waals surface area contributed by atoms with E-state index in [2.05, 4.69) is 5.32 Å². The highest BCUT2D eigenvalue weighted by Gasteiger charge is 2.25. The lowest BCUT2D eigenvalue weighted by Gasteiger charge is -2.06. The number of benzene rings is 2. The fraction of sp³-hybridized carbons (Fsp3) is 0. The van der Waals surface area contributed by atoms with Crippen LogP contribution in [0.2, 0.25) is 4.34 Å². The quantitative estimate of drug-likeness (QED) is 0.689. The summed E-state index contributed by atoms with van der Waals surface area (Å²) in [6, 6.07) is 17.6. The molecule has 0 atom stereocenters. The van der Waals surface area contributed by atoms with Crippen LogP contribution in [0, 0.1) is 0 Å². The SMILES string of the molecule is O=C(Nc1sc(Cl)c(-c2ccccc2)c1C(=O)O)c1ccccc1. The first-order chi connectivity index (χ1) is 11.6. The van der Waals surface area contributed by atoms with E-state index in [4.69, 9.17) is 11.6 Å². The normalized spacial score (nSPS) is 10.4. The van der Waals surface area contributed by atoms with Crippen molar-refractivity contribution in [2.24, 2.45) is 0 Å². The Labute approximate surface area is 147 Å². The molecule has 0 aliphatic rings. The number of carboxylic acid groups (broad SMARTS) is 1. The summed E-state index contributed by atoms with van der Waals surface area (Å²) in [5.41, 5.74) is 1.55. The summed E-state index contributed by atoms with van der Waals surface area (Å²) in [5, 5.41) is 12.5. The Morgan fingerprint density at radius 2 is 1.54 bits per heavy atom. The van der Waals surface area contributed by atoms with E-state index in [1.165, 1.54) is 0 Å². The van der Waals surface area contributed by atoms with Crippen LogP contribution < -0.4 is 5.32 Å². The summed E-state index contributed by atoms with van der Waals surface area (Å²) < 4.78 is 0.321. The van der Waals surface area contributed by atoms with Gasteiger partial charge in [0.25, 0.3) is 5.91 Å². The highest BCUT2D eigenvalue weighted by atomic mass is 35.5. The number of nitrogens with one attached hydrogen (secondary N) is 1. The van der Waals surface area contributed by atoms with Crippen LogP contribution in [0.5, 0.6) is 0 Å². The molecule has 3 rings (SSSR count). The summed E-state index contributed by atoms with van der Waals surface area (Å²) in [4.78, 5) is 24.0. The molecule has 3 aromatic rings. The summed E-state index contributed by atoms with van der Waals surface area (Å²) in [7, 11) is 0. The van der Waals surface area contributed by atoms with E-state index in [-0.39, 0.29) is 16.5 Å². The standard InChI is InChI=1S/C18H12ClNO3S/c19-15-13(11-7-3-1-4-8-11)14(18(22)23)17(24-15)20-16(21)12-9-5-2-6-10-12/h1-10H,(H,20,21)(H,22,23). The van der Waals surface area contributed by atoms with E-state index >= 15 is 0 Å². The van der Waals surface area contributed by atoms with Gasteiger partial charge in [-0.05, 0) is 17.7 Å². The molecule has 0 saturated heterocycles. The van der Waals surface area contributed by atoms with E-state index in [0.717, 1.165) is 11.3 Å². The Balaban J connectivity index is 2.03. The van der Waals surface area contributed by atoms with Crippen molar-refractivity contribution in [1.29, 1.82) is 0 Å². The smallest absolute Gasteiger partial charge is 0.339 e. The van der Waals surface area contributed by atoms with Crippen molar-refractivity contribution < 1.29 is 14.7 Å². The Hall–Kier alpha value is -2.63. The van der Waals surface area contributed by atoms with Crippen molar-refractivity contribution in [2.75, 3.05) is 5.32 Å². The second-order valence-electron chi connectivity index (χ2n) is 4.95. The van der Waals surface area contributed by atoms with E-state index in [0.29, 0.717) is 21.0 Å². The van der Waals surface area contributed by atoms with Crippen LogP contribution in [0.4, 0.5) is 5.00 Å². The van der Waals surface area contributed by atoms with Gasteiger partial charge in [0.1, 0.15) is 14.9 Å². The number of amides is 1. The first-order valence-corrected chi connectivity index (χ1v) is 8.24. The molecule has 0 aliphatic heterocycles. The molecule has 0 saturated carbocycles. The average Bonchev–Trinajstić information content (AvgIpc) is 2.92. The average molecular weight is 358 g/mol. The van der Waals surface area contributed by atoms with Crippen molar-refractivity contribution in [1.82, 2.24) is 0 Å². The van der Waals surface area contributed by atoms with Crippen molar-refractivity contribution in [3.8, 4) is 11.1 Å². The van der Waals surface area contributed by atoms with Crippen LogP contribution in [-0.4, -0.2) is 17.0 Å². The molecule has 120 valence electrons. The summed E-state index contributed by atoms with van der Waals surface area (Å²) >= 11 is 7.30. The maximum Gasteiger partial charge on any atom is 0.339 e. The lowest BCUT2D eigenvalue weighted by atomic mass is 10.0. The van der Waals surface area contributed by atoms with Gasteiger partial charge >= 0.3 is 5.97 Å². The Bertz CT molecular complexity index is 891. The van der Waals surface area contributed by atoms with E-state index < -0.39 is 5.97 Å². The Morgan fingerprint density at radius 3 is 2.12 bits per heavy atom. The molecule has 0 radical (unpaired) electrons. The molecule has 0 bridgehead atoms. The number of carboxylic acids is 1. The molecule has 2 N–H and O–H groups in total. The molecule has 0 unspecified atom stereocenters. The van der Waals surface area contributed by atoms with Crippen LogP contribution >= 0.6 is 22.9 Å². The number of carbonyl (C=O) groups is 2. The van der Waals surface area contributed by atoms with Gasteiger partial charge in [-0.3, -0.25) is 4.79 Å². The third-order valence-corrected chi connectivity index (χ3v) is 4.72. The van der Waals surface area contributed by atoms with Gasteiger partial charge < -0.3 is 10.4 Å². The largest absolute Gasteiger partial charge is 0.478 e. The minimum absolute atomic E-state index is 0.000445. The van der Waals surface area contributed by atoms with E-state index in [1.807, 2.05) is 6.07 Å². The Morgan fingerprint density at radius 1 is 0.958 bits per heavy atom. The van der Waals surface area contributed by atoms with Crippen molar-refractivity contribution in [3.05, 3.63) is 76.1 Å². The fourth-order valence-electron chi connectivity index (χ4n) is 2.32. The predicted octanol–water partition coefficient (Wildman–Crippen LogP) is 5.02. The second kappa shape index (κ2) is 6.86. The second-order valence-corrected chi connectivity index (χ2v) is 6.57. The molecule has 0 fully saturated rings. The zero-order chi connectivity index (χ0) is 17.1. The fourth-order valence-corrected chi connectivity index (χ4v) is 3.69. The number of thiophene rings is 1. The molecule has 0 spiro atoms. The van der Waals surface area contributed by atoms with E-state index in [9.17, 15) is 14.7 Å². The third-order valence-electron chi connectivity index (χ3n) is 3.40. The topological polar surface area (TPSA) is 66.4 Å².